The molecule has 140 valence electrons. The van der Waals surface area contributed by atoms with Gasteiger partial charge in [0, 0.05) is 0 Å². The van der Waals surface area contributed by atoms with E-state index in [0.29, 0.717) is 6.42 Å². The van der Waals surface area contributed by atoms with Gasteiger partial charge in [-0.15, -0.1) is 0 Å². The van der Waals surface area contributed by atoms with Crippen LogP contribution < -0.4 is 0 Å². The summed E-state index contributed by atoms with van der Waals surface area (Å²) >= 11 is 0. The van der Waals surface area contributed by atoms with Gasteiger partial charge in [-0.25, -0.2) is 9.09 Å². The lowest BCUT2D eigenvalue weighted by Crippen LogP contribution is -2.45. The zero-order chi connectivity index (χ0) is 18.4. The van der Waals surface area contributed by atoms with E-state index in [2.05, 4.69) is 13.6 Å². The molecule has 0 aromatic heterocycles. The monoisotopic (exact) mass is 378 g/mol. The van der Waals surface area contributed by atoms with Crippen LogP contribution in [0.2, 0.25) is 0 Å². The fourth-order valence-corrected chi connectivity index (χ4v) is 2.53. The molecule has 1 unspecified atom stereocenters. The van der Waals surface area contributed by atoms with Gasteiger partial charge in [-0.3, -0.25) is 9.05 Å². The normalized spacial score (nSPS) is 16.4. The third kappa shape index (κ3) is 8.32. The van der Waals surface area contributed by atoms with Crippen molar-refractivity contribution in [2.45, 2.75) is 57.7 Å². The van der Waals surface area contributed by atoms with E-state index in [4.69, 9.17) is 0 Å². The fraction of sp³-hybridized carbons (Fsp3) is 1.00. The van der Waals surface area contributed by atoms with Crippen molar-refractivity contribution in [3.63, 3.8) is 0 Å². The van der Waals surface area contributed by atoms with Crippen molar-refractivity contribution < 1.29 is 48.9 Å². The van der Waals surface area contributed by atoms with E-state index in [1.54, 1.807) is 6.92 Å². The predicted molar refractivity (Wildman–Crippen MR) is 66.4 cm³/mol. The molecule has 0 fully saturated rings. The molecule has 0 spiro atoms. The summed E-state index contributed by atoms with van der Waals surface area (Å²) in [7, 11) is -5.15. The van der Waals surface area contributed by atoms with Gasteiger partial charge in [-0.05, 0) is 12.8 Å². The van der Waals surface area contributed by atoms with Crippen LogP contribution in [0, 0.1) is 0 Å². The highest BCUT2D eigenvalue weighted by Crippen LogP contribution is 2.57. The number of alkyl halides is 7. The maximum absolute atomic E-state index is 13.4. The molecular formula is C11H18F7O4P. The van der Waals surface area contributed by atoms with E-state index in [1.807, 2.05) is 0 Å². The van der Waals surface area contributed by atoms with Crippen LogP contribution in [0.25, 0.3) is 0 Å². The molecule has 0 N–H and O–H groups in total. The number of hydrogen-bond donors (Lipinski definition) is 0. The molecule has 0 amide bonds. The van der Waals surface area contributed by atoms with Gasteiger partial charge in [-0.2, -0.15) is 30.7 Å². The van der Waals surface area contributed by atoms with Crippen LogP contribution in [0.15, 0.2) is 0 Å². The first-order chi connectivity index (χ1) is 10.3. The van der Waals surface area contributed by atoms with Crippen molar-refractivity contribution in [1.29, 1.82) is 0 Å². The summed E-state index contributed by atoms with van der Waals surface area (Å²) in [6.07, 6.45) is -13.5. The Morgan fingerprint density at radius 2 is 1.39 bits per heavy atom. The van der Waals surface area contributed by atoms with Crippen molar-refractivity contribution in [1.82, 2.24) is 0 Å². The summed E-state index contributed by atoms with van der Waals surface area (Å²) in [5.74, 6) is -5.63. The minimum absolute atomic E-state index is 0.162. The van der Waals surface area contributed by atoms with Crippen LogP contribution in [-0.4, -0.2) is 31.4 Å². The minimum Gasteiger partial charge on any atom is -0.287 e. The number of hydrogen-bond acceptors (Lipinski definition) is 4. The van der Waals surface area contributed by atoms with Crippen LogP contribution in [0.4, 0.5) is 30.7 Å². The summed E-state index contributed by atoms with van der Waals surface area (Å²) < 4.78 is 113. The third-order valence-corrected chi connectivity index (χ3v) is 3.73. The molecular weight excluding hydrogens is 360 g/mol. The highest BCUT2D eigenvalue weighted by atomic mass is 31.2. The Morgan fingerprint density at radius 3 is 1.83 bits per heavy atom. The summed E-state index contributed by atoms with van der Waals surface area (Å²) in [6, 6.07) is 0. The number of halogens is 7. The zero-order valence-electron chi connectivity index (χ0n) is 12.5. The Morgan fingerprint density at radius 1 is 0.870 bits per heavy atom. The lowest BCUT2D eigenvalue weighted by Gasteiger charge is -2.29. The molecule has 1 atom stereocenters. The first-order valence-corrected chi connectivity index (χ1v) is 8.17. The van der Waals surface area contributed by atoms with Gasteiger partial charge in [0.15, 0.2) is 0 Å². The topological polar surface area (TPSA) is 44.8 Å². The second-order valence-electron chi connectivity index (χ2n) is 4.57. The third-order valence-electron chi connectivity index (χ3n) is 2.28. The maximum atomic E-state index is 13.4. The van der Waals surface area contributed by atoms with Crippen molar-refractivity contribution >= 4 is 7.82 Å². The van der Waals surface area contributed by atoms with E-state index >= 15 is 0 Å². The summed E-state index contributed by atoms with van der Waals surface area (Å²) in [4.78, 5) is 0. The zero-order valence-corrected chi connectivity index (χ0v) is 13.4. The second-order valence-corrected chi connectivity index (χ2v) is 6.17. The molecule has 0 aromatic rings. The standard InChI is InChI=1S/C11H18F7O4P/c1-3-5-7-21-23(19,20-6-4-2)22-11(17,18)9(12,13)8-10(14,15)16/h3-8H2,1-2H3. The van der Waals surface area contributed by atoms with Gasteiger partial charge in [0.25, 0.3) is 0 Å². The molecule has 0 heterocycles. The van der Waals surface area contributed by atoms with Crippen molar-refractivity contribution in [3.05, 3.63) is 0 Å². The highest BCUT2D eigenvalue weighted by molar-refractivity contribution is 7.48. The molecule has 0 aliphatic carbocycles. The smallest absolute Gasteiger partial charge is 0.287 e. The van der Waals surface area contributed by atoms with Crippen LogP contribution in [0.1, 0.15) is 39.5 Å². The van der Waals surface area contributed by atoms with Gasteiger partial charge in [-0.1, -0.05) is 20.3 Å². The molecule has 0 aromatic carbocycles. The van der Waals surface area contributed by atoms with Crippen LogP contribution in [0.5, 0.6) is 0 Å². The molecule has 0 bridgehead atoms. The Kier molecular flexibility index (Phi) is 8.50. The van der Waals surface area contributed by atoms with Crippen LogP contribution in [0.3, 0.4) is 0 Å². The highest BCUT2D eigenvalue weighted by Gasteiger charge is 2.65. The summed E-state index contributed by atoms with van der Waals surface area (Å²) in [6.45, 7) is 2.34. The van der Waals surface area contributed by atoms with Gasteiger partial charge >= 0.3 is 26.0 Å². The molecule has 0 saturated carbocycles. The summed E-state index contributed by atoms with van der Waals surface area (Å²) in [5, 5.41) is 0. The van der Waals surface area contributed by atoms with Gasteiger partial charge < -0.3 is 0 Å². The van der Waals surface area contributed by atoms with Crippen LogP contribution >= 0.6 is 7.82 Å². The van der Waals surface area contributed by atoms with Gasteiger partial charge in [0.05, 0.1) is 13.2 Å². The summed E-state index contributed by atoms with van der Waals surface area (Å²) in [5.41, 5.74) is 0. The first kappa shape index (κ1) is 22.6. The Bertz CT molecular complexity index is 400. The largest absolute Gasteiger partial charge is 0.479 e. The molecule has 0 radical (unpaired) electrons. The minimum atomic E-state index is -5.68. The van der Waals surface area contributed by atoms with Gasteiger partial charge in [0.2, 0.25) is 0 Å². The van der Waals surface area contributed by atoms with E-state index < -0.39 is 45.7 Å². The number of phosphoric ester groups is 1. The number of unbranched alkanes of at least 4 members (excludes halogenated alkanes) is 1. The maximum Gasteiger partial charge on any atom is 0.479 e. The average Bonchev–Trinajstić information content (AvgIpc) is 2.33. The van der Waals surface area contributed by atoms with Crippen LogP contribution in [-0.2, 0) is 18.1 Å². The molecule has 0 aliphatic rings. The Balaban J connectivity index is 5.16. The van der Waals surface area contributed by atoms with Crippen molar-refractivity contribution in [2.75, 3.05) is 13.2 Å². The van der Waals surface area contributed by atoms with E-state index in [0.717, 1.165) is 0 Å². The van der Waals surface area contributed by atoms with E-state index in [9.17, 15) is 35.3 Å². The van der Waals surface area contributed by atoms with Gasteiger partial charge in [0.1, 0.15) is 6.42 Å². The molecule has 12 heteroatoms. The predicted octanol–water partition coefficient (Wildman–Crippen LogP) is 5.53. The van der Waals surface area contributed by atoms with Crippen molar-refractivity contribution in [2.24, 2.45) is 0 Å². The molecule has 23 heavy (non-hydrogen) atoms. The second kappa shape index (κ2) is 8.64. The van der Waals surface area contributed by atoms with E-state index in [1.165, 1.54) is 6.92 Å². The molecule has 0 rings (SSSR count). The van der Waals surface area contributed by atoms with E-state index in [-0.39, 0.29) is 12.8 Å². The quantitative estimate of drug-likeness (QED) is 0.269. The first-order valence-electron chi connectivity index (χ1n) is 6.71. The number of rotatable bonds is 11. The number of phosphoric acid groups is 1. The van der Waals surface area contributed by atoms with Crippen molar-refractivity contribution in [3.8, 4) is 0 Å². The lowest BCUT2D eigenvalue weighted by atomic mass is 10.2. The lowest BCUT2D eigenvalue weighted by molar-refractivity contribution is -0.339. The molecule has 0 saturated heterocycles. The fourth-order valence-electron chi connectivity index (χ4n) is 1.18. The molecule has 4 nitrogen and oxygen atoms in total. The Labute approximate surface area is 128 Å². The SMILES string of the molecule is CCCCOP(=O)(OCCC)OC(F)(F)C(F)(F)CC(F)(F)F. The average molecular weight is 378 g/mol. The Hall–Kier alpha value is -0.380. The molecule has 0 aliphatic heterocycles.